The quantitative estimate of drug-likeness (QED) is 0.0243. The highest BCUT2D eigenvalue weighted by molar-refractivity contribution is 7.47. The number of nitrogens with zero attached hydrogens (tertiary/aromatic N) is 1. The predicted octanol–water partition coefficient (Wildman–Crippen LogP) is 19.7. The Morgan fingerprint density at radius 1 is 0.452 bits per heavy atom. The smallest absolute Gasteiger partial charge is 0.387 e. The van der Waals surface area contributed by atoms with Gasteiger partial charge in [0.25, 0.3) is 0 Å². The fourth-order valence-corrected chi connectivity index (χ4v) is 10.3. The minimum atomic E-state index is -4.35. The lowest BCUT2D eigenvalue weighted by atomic mass is 10.0. The number of quaternary nitrogens is 1. The lowest BCUT2D eigenvalue weighted by Crippen LogP contribution is -2.45. The summed E-state index contributed by atoms with van der Waals surface area (Å²) >= 11 is 0. The number of amides is 1. The Morgan fingerprint density at radius 3 is 1.10 bits per heavy atom. The van der Waals surface area contributed by atoms with Crippen LogP contribution in [0.15, 0.2) is 36.5 Å². The fourth-order valence-electron chi connectivity index (χ4n) is 9.59. The van der Waals surface area contributed by atoms with E-state index in [0.29, 0.717) is 17.4 Å². The summed E-state index contributed by atoms with van der Waals surface area (Å²) in [5, 5.41) is 13.9. The van der Waals surface area contributed by atoms with Crippen LogP contribution in [0.3, 0.4) is 0 Å². The second-order valence-corrected chi connectivity index (χ2v) is 24.6. The number of carbonyl (C=O) groups excluding carboxylic acids is 1. The summed E-state index contributed by atoms with van der Waals surface area (Å²) in [6.45, 7) is 4.82. The number of nitrogens with one attached hydrogen (secondary N) is 1. The van der Waals surface area contributed by atoms with Gasteiger partial charge in [-0.15, -0.1) is 0 Å². The summed E-state index contributed by atoms with van der Waals surface area (Å²) in [4.78, 5) is 23.3. The number of aliphatic hydroxyl groups is 1. The van der Waals surface area contributed by atoms with E-state index in [4.69, 9.17) is 9.05 Å². The summed E-state index contributed by atoms with van der Waals surface area (Å²) in [6, 6.07) is -0.861. The molecule has 0 saturated carbocycles. The molecule has 0 aliphatic carbocycles. The number of likely N-dealkylation sites (N-methyl/N-ethyl adjacent to an activating group) is 1. The van der Waals surface area contributed by atoms with Gasteiger partial charge in [-0.25, -0.2) is 4.57 Å². The van der Waals surface area contributed by atoms with Crippen LogP contribution < -0.4 is 5.32 Å². The van der Waals surface area contributed by atoms with Gasteiger partial charge in [-0.05, 0) is 57.8 Å². The third kappa shape index (κ3) is 58.2. The van der Waals surface area contributed by atoms with Crippen molar-refractivity contribution in [2.75, 3.05) is 40.9 Å². The van der Waals surface area contributed by atoms with Crippen LogP contribution in [0.2, 0.25) is 0 Å². The number of aliphatic hydroxyl groups excluding tert-OH is 1. The van der Waals surface area contributed by atoms with E-state index in [1.54, 1.807) is 6.08 Å². The molecule has 8 nitrogen and oxygen atoms in total. The van der Waals surface area contributed by atoms with Crippen LogP contribution in [0.5, 0.6) is 0 Å². The molecule has 0 spiro atoms. The fraction of sp³-hybridized carbons (Fsp3) is 0.891. The molecule has 0 rings (SSSR count). The molecular weight excluding hydrogens is 924 g/mol. The first-order valence-corrected chi connectivity index (χ1v) is 33.4. The molecule has 0 aliphatic rings. The number of unbranched alkanes of at least 4 members (excludes halogenated alkanes) is 42. The molecule has 0 fully saturated rings. The van der Waals surface area contributed by atoms with Crippen LogP contribution in [0, 0.1) is 0 Å². The molecule has 0 aromatic rings. The lowest BCUT2D eigenvalue weighted by molar-refractivity contribution is -0.870. The second kappa shape index (κ2) is 55.5. The average Bonchev–Trinajstić information content (AvgIpc) is 3.35. The van der Waals surface area contributed by atoms with Crippen molar-refractivity contribution in [2.24, 2.45) is 0 Å². The van der Waals surface area contributed by atoms with E-state index >= 15 is 0 Å². The summed E-state index contributed by atoms with van der Waals surface area (Å²) in [5.74, 6) is -0.182. The van der Waals surface area contributed by atoms with Crippen molar-refractivity contribution in [3.8, 4) is 0 Å². The van der Waals surface area contributed by atoms with Gasteiger partial charge in [0, 0.05) is 6.42 Å². The number of phosphoric ester groups is 1. The summed E-state index contributed by atoms with van der Waals surface area (Å²) < 4.78 is 23.7. The molecule has 0 aromatic carbocycles. The summed E-state index contributed by atoms with van der Waals surface area (Å²) in [6.07, 6.45) is 72.9. The van der Waals surface area contributed by atoms with Crippen LogP contribution in [-0.2, 0) is 18.4 Å². The maximum atomic E-state index is 13.0. The Morgan fingerprint density at radius 2 is 0.753 bits per heavy atom. The highest BCUT2D eigenvalue weighted by Crippen LogP contribution is 2.43. The normalized spacial score (nSPS) is 14.0. The first-order chi connectivity index (χ1) is 35.5. The molecule has 3 unspecified atom stereocenters. The summed E-state index contributed by atoms with van der Waals surface area (Å²) in [7, 11) is 1.57. The van der Waals surface area contributed by atoms with E-state index in [1.807, 2.05) is 27.2 Å². The number of allylic oxidation sites excluding steroid dienone is 5. The van der Waals surface area contributed by atoms with Gasteiger partial charge in [-0.2, -0.15) is 0 Å². The average molecular weight is 1050 g/mol. The molecule has 73 heavy (non-hydrogen) atoms. The van der Waals surface area contributed by atoms with Crippen LogP contribution >= 0.6 is 7.82 Å². The molecular formula is C64H126N2O6P+. The van der Waals surface area contributed by atoms with Gasteiger partial charge in [0.2, 0.25) is 5.91 Å². The van der Waals surface area contributed by atoms with Gasteiger partial charge < -0.3 is 19.8 Å². The maximum absolute atomic E-state index is 13.0. The first kappa shape index (κ1) is 71.7. The van der Waals surface area contributed by atoms with Crippen molar-refractivity contribution in [1.82, 2.24) is 5.32 Å². The van der Waals surface area contributed by atoms with Gasteiger partial charge in [-0.3, -0.25) is 13.8 Å². The molecule has 0 aliphatic heterocycles. The minimum Gasteiger partial charge on any atom is -0.387 e. The number of hydrogen-bond acceptors (Lipinski definition) is 5. The largest absolute Gasteiger partial charge is 0.472 e. The minimum absolute atomic E-state index is 0.0579. The van der Waals surface area contributed by atoms with Crippen LogP contribution in [0.4, 0.5) is 0 Å². The zero-order valence-corrected chi connectivity index (χ0v) is 50.3. The second-order valence-electron chi connectivity index (χ2n) is 23.1. The van der Waals surface area contributed by atoms with E-state index in [2.05, 4.69) is 43.5 Å². The van der Waals surface area contributed by atoms with Gasteiger partial charge >= 0.3 is 7.82 Å². The van der Waals surface area contributed by atoms with E-state index in [1.165, 1.54) is 257 Å². The number of phosphoric acid groups is 1. The predicted molar refractivity (Wildman–Crippen MR) is 318 cm³/mol. The van der Waals surface area contributed by atoms with Crippen LogP contribution in [-0.4, -0.2) is 73.4 Å². The van der Waals surface area contributed by atoms with Crippen molar-refractivity contribution in [3.63, 3.8) is 0 Å². The van der Waals surface area contributed by atoms with Crippen LogP contribution in [0.1, 0.15) is 316 Å². The lowest BCUT2D eigenvalue weighted by Gasteiger charge is -2.25. The van der Waals surface area contributed by atoms with Gasteiger partial charge in [0.1, 0.15) is 13.2 Å². The molecule has 432 valence electrons. The Labute approximate surface area is 455 Å². The molecule has 3 N–H and O–H groups in total. The van der Waals surface area contributed by atoms with E-state index in [-0.39, 0.29) is 19.1 Å². The molecule has 0 aromatic heterocycles. The van der Waals surface area contributed by atoms with Crippen molar-refractivity contribution < 1.29 is 32.9 Å². The van der Waals surface area contributed by atoms with Gasteiger partial charge in [0.15, 0.2) is 0 Å². The molecule has 0 saturated heterocycles. The third-order valence-electron chi connectivity index (χ3n) is 14.6. The Kier molecular flexibility index (Phi) is 54.5. The van der Waals surface area contributed by atoms with E-state index in [9.17, 15) is 19.4 Å². The maximum Gasteiger partial charge on any atom is 0.472 e. The number of rotatable bonds is 59. The van der Waals surface area contributed by atoms with Gasteiger partial charge in [0.05, 0.1) is 39.9 Å². The Bertz CT molecular complexity index is 1280. The van der Waals surface area contributed by atoms with Crippen molar-refractivity contribution >= 4 is 13.7 Å². The Hall–Kier alpha value is -1.28. The van der Waals surface area contributed by atoms with E-state index < -0.39 is 20.0 Å². The third-order valence-corrected chi connectivity index (χ3v) is 15.6. The highest BCUT2D eigenvalue weighted by Gasteiger charge is 2.27. The zero-order valence-electron chi connectivity index (χ0n) is 49.4. The number of hydrogen-bond donors (Lipinski definition) is 3. The molecule has 0 heterocycles. The van der Waals surface area contributed by atoms with Crippen molar-refractivity contribution in [2.45, 2.75) is 328 Å². The van der Waals surface area contributed by atoms with Gasteiger partial charge in [-0.1, -0.05) is 288 Å². The highest BCUT2D eigenvalue weighted by atomic mass is 31.2. The van der Waals surface area contributed by atoms with E-state index in [0.717, 1.165) is 38.5 Å². The molecule has 0 radical (unpaired) electrons. The summed E-state index contributed by atoms with van der Waals surface area (Å²) in [5.41, 5.74) is 0. The zero-order chi connectivity index (χ0) is 53.5. The SMILES string of the molecule is CCCCCCCCCC/C=C\CCCCCCCCCCCCCCCCCCCCCCCCCCCC(=O)NC(COP(=O)(O)OCC[N+](C)(C)C)C(O)/C=C/CC/C=C/CCCCCCCCCC. The monoisotopic (exact) mass is 1050 g/mol. The molecule has 1 amide bonds. The van der Waals surface area contributed by atoms with Crippen molar-refractivity contribution in [1.29, 1.82) is 0 Å². The molecule has 9 heteroatoms. The Balaban J connectivity index is 3.92. The first-order valence-electron chi connectivity index (χ1n) is 31.9. The van der Waals surface area contributed by atoms with Crippen LogP contribution in [0.25, 0.3) is 0 Å². The molecule has 0 bridgehead atoms. The standard InChI is InChI=1S/C64H125N2O6P/c1-6-8-10-12-14-16-18-20-22-23-24-25-26-27-28-29-30-31-32-33-34-35-36-37-38-39-40-41-42-43-44-46-48-50-52-54-56-58-64(68)65-62(61-72-73(69,70)71-60-59-66(3,4)5)63(67)57-55-53-51-49-47-45-21-19-17-15-13-11-9-7-2/h23-24,47,49,55,57,62-63,67H,6-22,25-46,48,50-54,56,58-61H2,1-5H3,(H-,65,68,69,70)/p+1/b24-23-,49-47+,57-55+. The molecule has 3 atom stereocenters. The topological polar surface area (TPSA) is 105 Å². The number of carbonyl (C=O) groups is 1. The van der Waals surface area contributed by atoms with Crippen molar-refractivity contribution in [3.05, 3.63) is 36.5 Å².